The standard InChI is InChI=1S/C20H23N3O4/c1-25-17-5-3-2-4-16(17)19(24)22-15-6-7-18(21-14-15)23-10-8-20(9-11-23)26-12-13-27-20/h2-7,14H,8-13H2,1H3,(H,22,24). The van der Waals surface area contributed by atoms with Crippen molar-refractivity contribution in [1.29, 1.82) is 0 Å². The number of rotatable bonds is 4. The van der Waals surface area contributed by atoms with Gasteiger partial charge in [0.15, 0.2) is 5.79 Å². The van der Waals surface area contributed by atoms with E-state index in [1.165, 1.54) is 0 Å². The summed E-state index contributed by atoms with van der Waals surface area (Å²) >= 11 is 0. The Morgan fingerprint density at radius 1 is 1.15 bits per heavy atom. The largest absolute Gasteiger partial charge is 0.496 e. The zero-order valence-electron chi connectivity index (χ0n) is 15.3. The van der Waals surface area contributed by atoms with Gasteiger partial charge in [0.1, 0.15) is 11.6 Å². The van der Waals surface area contributed by atoms with Crippen LogP contribution in [0, 0.1) is 0 Å². The summed E-state index contributed by atoms with van der Waals surface area (Å²) in [5, 5.41) is 2.86. The Morgan fingerprint density at radius 3 is 2.56 bits per heavy atom. The molecule has 27 heavy (non-hydrogen) atoms. The van der Waals surface area contributed by atoms with Crippen LogP contribution in [0.15, 0.2) is 42.6 Å². The van der Waals surface area contributed by atoms with Gasteiger partial charge in [0, 0.05) is 25.9 Å². The van der Waals surface area contributed by atoms with E-state index < -0.39 is 0 Å². The molecule has 0 unspecified atom stereocenters. The molecule has 7 heteroatoms. The maximum absolute atomic E-state index is 12.5. The average molecular weight is 369 g/mol. The summed E-state index contributed by atoms with van der Waals surface area (Å²) in [5.74, 6) is 0.813. The van der Waals surface area contributed by atoms with E-state index in [1.54, 1.807) is 31.5 Å². The van der Waals surface area contributed by atoms with Gasteiger partial charge in [-0.05, 0) is 24.3 Å². The number of para-hydroxylation sites is 1. The first-order valence-corrected chi connectivity index (χ1v) is 9.12. The summed E-state index contributed by atoms with van der Waals surface area (Å²) in [6, 6.07) is 10.9. The SMILES string of the molecule is COc1ccccc1C(=O)Nc1ccc(N2CCC3(CC2)OCCO3)nc1. The van der Waals surface area contributed by atoms with Crippen molar-refractivity contribution < 1.29 is 19.0 Å². The topological polar surface area (TPSA) is 72.9 Å². The van der Waals surface area contributed by atoms with Crippen molar-refractivity contribution in [3.05, 3.63) is 48.2 Å². The van der Waals surface area contributed by atoms with Gasteiger partial charge in [-0.15, -0.1) is 0 Å². The number of nitrogens with one attached hydrogen (secondary N) is 1. The number of nitrogens with zero attached hydrogens (tertiary/aromatic N) is 2. The van der Waals surface area contributed by atoms with Crippen LogP contribution in [-0.4, -0.2) is 50.1 Å². The monoisotopic (exact) mass is 369 g/mol. The smallest absolute Gasteiger partial charge is 0.259 e. The van der Waals surface area contributed by atoms with E-state index in [9.17, 15) is 4.79 Å². The molecule has 0 radical (unpaired) electrons. The zero-order chi connectivity index (χ0) is 18.7. The molecule has 2 saturated heterocycles. The quantitative estimate of drug-likeness (QED) is 0.893. The van der Waals surface area contributed by atoms with Crippen molar-refractivity contribution in [1.82, 2.24) is 4.98 Å². The average Bonchev–Trinajstić information content (AvgIpc) is 3.17. The highest BCUT2D eigenvalue weighted by Crippen LogP contribution is 2.32. The normalized spacial score (nSPS) is 18.5. The first kappa shape index (κ1) is 17.8. The van der Waals surface area contributed by atoms with Crippen LogP contribution in [-0.2, 0) is 9.47 Å². The van der Waals surface area contributed by atoms with Gasteiger partial charge >= 0.3 is 0 Å². The second kappa shape index (κ2) is 7.54. The maximum Gasteiger partial charge on any atom is 0.259 e. The molecule has 0 bridgehead atoms. The molecular formula is C20H23N3O4. The van der Waals surface area contributed by atoms with Crippen LogP contribution in [0.1, 0.15) is 23.2 Å². The molecule has 7 nitrogen and oxygen atoms in total. The number of ether oxygens (including phenoxy) is 3. The van der Waals surface area contributed by atoms with E-state index in [2.05, 4.69) is 15.2 Å². The van der Waals surface area contributed by atoms with Crippen molar-refractivity contribution in [2.24, 2.45) is 0 Å². The lowest BCUT2D eigenvalue weighted by atomic mass is 10.0. The second-order valence-corrected chi connectivity index (χ2v) is 6.65. The maximum atomic E-state index is 12.5. The molecule has 1 spiro atoms. The van der Waals surface area contributed by atoms with Gasteiger partial charge in [-0.3, -0.25) is 4.79 Å². The van der Waals surface area contributed by atoms with E-state index in [0.29, 0.717) is 30.2 Å². The molecule has 1 aromatic heterocycles. The molecule has 1 N–H and O–H groups in total. The first-order chi connectivity index (χ1) is 13.2. The molecule has 2 aliphatic rings. The molecule has 4 rings (SSSR count). The minimum absolute atomic E-state index is 0.225. The van der Waals surface area contributed by atoms with Gasteiger partial charge in [-0.2, -0.15) is 0 Å². The summed E-state index contributed by atoms with van der Waals surface area (Å²) in [6.07, 6.45) is 3.34. The number of anilines is 2. The molecule has 0 aliphatic carbocycles. The van der Waals surface area contributed by atoms with E-state index in [0.717, 1.165) is 31.7 Å². The molecule has 2 fully saturated rings. The van der Waals surface area contributed by atoms with Crippen molar-refractivity contribution in [2.75, 3.05) is 43.6 Å². The van der Waals surface area contributed by atoms with Crippen LogP contribution >= 0.6 is 0 Å². The molecular weight excluding hydrogens is 346 g/mol. The number of methoxy groups -OCH3 is 1. The van der Waals surface area contributed by atoms with Crippen molar-refractivity contribution in [3.63, 3.8) is 0 Å². The number of carbonyl (C=O) groups is 1. The lowest BCUT2D eigenvalue weighted by Crippen LogP contribution is -2.45. The van der Waals surface area contributed by atoms with Crippen molar-refractivity contribution in [2.45, 2.75) is 18.6 Å². The summed E-state index contributed by atoms with van der Waals surface area (Å²) in [4.78, 5) is 19.2. The molecule has 0 atom stereocenters. The molecule has 3 heterocycles. The van der Waals surface area contributed by atoms with Gasteiger partial charge in [0.2, 0.25) is 0 Å². The Morgan fingerprint density at radius 2 is 1.89 bits per heavy atom. The Labute approximate surface area is 158 Å². The van der Waals surface area contributed by atoms with Crippen LogP contribution < -0.4 is 15.0 Å². The third-order valence-corrected chi connectivity index (χ3v) is 5.02. The number of amides is 1. The van der Waals surface area contributed by atoms with Gasteiger partial charge in [0.25, 0.3) is 5.91 Å². The van der Waals surface area contributed by atoms with E-state index in [1.807, 2.05) is 18.2 Å². The Balaban J connectivity index is 1.38. The molecule has 1 amide bonds. The van der Waals surface area contributed by atoms with Gasteiger partial charge < -0.3 is 24.4 Å². The van der Waals surface area contributed by atoms with E-state index in [4.69, 9.17) is 14.2 Å². The van der Waals surface area contributed by atoms with Crippen molar-refractivity contribution >= 4 is 17.4 Å². The number of benzene rings is 1. The summed E-state index contributed by atoms with van der Waals surface area (Å²) in [5.41, 5.74) is 1.13. The highest BCUT2D eigenvalue weighted by atomic mass is 16.7. The number of hydrogen-bond acceptors (Lipinski definition) is 6. The lowest BCUT2D eigenvalue weighted by molar-refractivity contribution is -0.169. The highest BCUT2D eigenvalue weighted by Gasteiger charge is 2.39. The predicted octanol–water partition coefficient (Wildman–Crippen LogP) is 2.69. The first-order valence-electron chi connectivity index (χ1n) is 9.12. The number of piperidine rings is 1. The van der Waals surface area contributed by atoms with Crippen LogP contribution in [0.2, 0.25) is 0 Å². The fraction of sp³-hybridized carbons (Fsp3) is 0.400. The minimum Gasteiger partial charge on any atom is -0.496 e. The Kier molecular flexibility index (Phi) is 4.96. The zero-order valence-corrected chi connectivity index (χ0v) is 15.3. The molecule has 1 aromatic carbocycles. The van der Waals surface area contributed by atoms with Crippen LogP contribution in [0.5, 0.6) is 5.75 Å². The van der Waals surface area contributed by atoms with Gasteiger partial charge in [-0.25, -0.2) is 4.98 Å². The Bertz CT molecular complexity index is 793. The molecule has 2 aliphatic heterocycles. The molecule has 142 valence electrons. The number of aromatic nitrogens is 1. The van der Waals surface area contributed by atoms with E-state index in [-0.39, 0.29) is 11.7 Å². The number of hydrogen-bond donors (Lipinski definition) is 1. The van der Waals surface area contributed by atoms with Gasteiger partial charge in [-0.1, -0.05) is 12.1 Å². The second-order valence-electron chi connectivity index (χ2n) is 6.65. The highest BCUT2D eigenvalue weighted by molar-refractivity contribution is 6.06. The van der Waals surface area contributed by atoms with Crippen LogP contribution in [0.4, 0.5) is 11.5 Å². The molecule has 2 aromatic rings. The number of pyridine rings is 1. The molecule has 0 saturated carbocycles. The van der Waals surface area contributed by atoms with Crippen LogP contribution in [0.25, 0.3) is 0 Å². The fourth-order valence-corrected chi connectivity index (χ4v) is 3.54. The van der Waals surface area contributed by atoms with E-state index >= 15 is 0 Å². The predicted molar refractivity (Wildman–Crippen MR) is 101 cm³/mol. The Hall–Kier alpha value is -2.64. The van der Waals surface area contributed by atoms with Gasteiger partial charge in [0.05, 0.1) is 37.8 Å². The summed E-state index contributed by atoms with van der Waals surface area (Å²) in [7, 11) is 1.55. The number of carbonyl (C=O) groups excluding carboxylic acids is 1. The third-order valence-electron chi connectivity index (χ3n) is 5.02. The third kappa shape index (κ3) is 3.74. The lowest BCUT2D eigenvalue weighted by Gasteiger charge is -2.38. The fourth-order valence-electron chi connectivity index (χ4n) is 3.54. The van der Waals surface area contributed by atoms with Crippen LogP contribution in [0.3, 0.4) is 0 Å². The summed E-state index contributed by atoms with van der Waals surface area (Å²) < 4.78 is 16.8. The summed E-state index contributed by atoms with van der Waals surface area (Å²) in [6.45, 7) is 3.03. The minimum atomic E-state index is -0.390. The van der Waals surface area contributed by atoms with Crippen molar-refractivity contribution in [3.8, 4) is 5.75 Å².